The van der Waals surface area contributed by atoms with Crippen LogP contribution in [0.3, 0.4) is 0 Å². The molecule has 4 rings (SSSR count). The van der Waals surface area contributed by atoms with Crippen molar-refractivity contribution in [3.05, 3.63) is 54.5 Å². The first-order valence-electron chi connectivity index (χ1n) is 9.00. The van der Waals surface area contributed by atoms with Gasteiger partial charge in [-0.15, -0.1) is 0 Å². The fourth-order valence-electron chi connectivity index (χ4n) is 3.87. The highest BCUT2D eigenvalue weighted by atomic mass is 16.3. The Labute approximate surface area is 153 Å². The van der Waals surface area contributed by atoms with E-state index < -0.39 is 5.60 Å². The number of benzene rings is 1. The maximum Gasteiger partial charge on any atom is 0.162 e. The van der Waals surface area contributed by atoms with Crippen molar-refractivity contribution in [2.45, 2.75) is 18.6 Å². The number of β-amino-alcohol motifs (C(OH)–C–C–N with tert-alkyl or cyclic N) is 1. The quantitative estimate of drug-likeness (QED) is 0.761. The van der Waals surface area contributed by atoms with E-state index in [0.29, 0.717) is 13.1 Å². The largest absolute Gasteiger partial charge is 0.387 e. The smallest absolute Gasteiger partial charge is 0.162 e. The number of fused-ring (bicyclic) bond motifs is 1. The molecule has 0 spiro atoms. The minimum Gasteiger partial charge on any atom is -0.387 e. The van der Waals surface area contributed by atoms with Gasteiger partial charge in [0.2, 0.25) is 0 Å². The van der Waals surface area contributed by atoms with Gasteiger partial charge in [0.1, 0.15) is 0 Å². The zero-order chi connectivity index (χ0) is 18.1. The molecular formula is C20H25N5O. The summed E-state index contributed by atoms with van der Waals surface area (Å²) in [4.78, 5) is 8.98. The molecule has 0 radical (unpaired) electrons. The summed E-state index contributed by atoms with van der Waals surface area (Å²) in [7, 11) is 4.00. The lowest BCUT2D eigenvalue weighted by atomic mass is 10.0. The SMILES string of the molecule is CN(C)CC1(O)CCN(Cc2cnc3c(-c4ccccc4)cnn3c2)C1. The van der Waals surface area contributed by atoms with E-state index in [1.54, 1.807) is 0 Å². The van der Waals surface area contributed by atoms with Gasteiger partial charge in [0.15, 0.2) is 5.65 Å². The molecule has 3 aromatic rings. The number of aromatic nitrogens is 3. The van der Waals surface area contributed by atoms with E-state index >= 15 is 0 Å². The van der Waals surface area contributed by atoms with Gasteiger partial charge in [-0.3, -0.25) is 4.90 Å². The predicted octanol–water partition coefficient (Wildman–Crippen LogP) is 1.89. The standard InChI is InChI=1S/C20H25N5O/c1-23(2)14-20(26)8-9-24(15-20)12-16-10-21-19-18(11-22-25(19)13-16)17-6-4-3-5-7-17/h3-7,10-11,13,26H,8-9,12,14-15H2,1-2H3. The summed E-state index contributed by atoms with van der Waals surface area (Å²) in [6.45, 7) is 3.06. The predicted molar refractivity (Wildman–Crippen MR) is 102 cm³/mol. The Morgan fingerprint density at radius 3 is 2.77 bits per heavy atom. The normalized spacial score (nSPS) is 21.1. The fraction of sp³-hybridized carbons (Fsp3) is 0.400. The summed E-state index contributed by atoms with van der Waals surface area (Å²) < 4.78 is 1.85. The highest BCUT2D eigenvalue weighted by Gasteiger charge is 2.36. The monoisotopic (exact) mass is 351 g/mol. The topological polar surface area (TPSA) is 56.9 Å². The molecule has 2 aromatic heterocycles. The van der Waals surface area contributed by atoms with E-state index in [0.717, 1.165) is 41.8 Å². The number of aliphatic hydroxyl groups is 1. The highest BCUT2D eigenvalue weighted by molar-refractivity contribution is 5.76. The number of rotatable bonds is 5. The summed E-state index contributed by atoms with van der Waals surface area (Å²) in [6.07, 6.45) is 6.64. The Bertz CT molecular complexity index is 892. The number of hydrogen-bond acceptors (Lipinski definition) is 5. The average molecular weight is 351 g/mol. The third kappa shape index (κ3) is 3.49. The molecule has 1 aliphatic heterocycles. The van der Waals surface area contributed by atoms with Crippen LogP contribution in [0.2, 0.25) is 0 Å². The van der Waals surface area contributed by atoms with E-state index in [1.807, 2.05) is 60.3 Å². The van der Waals surface area contributed by atoms with Crippen molar-refractivity contribution in [3.8, 4) is 11.1 Å². The molecule has 0 amide bonds. The van der Waals surface area contributed by atoms with Crippen molar-refractivity contribution in [3.63, 3.8) is 0 Å². The minimum absolute atomic E-state index is 0.618. The van der Waals surface area contributed by atoms with E-state index in [4.69, 9.17) is 0 Å². The molecule has 1 unspecified atom stereocenters. The first kappa shape index (κ1) is 17.1. The van der Waals surface area contributed by atoms with Crippen LogP contribution in [-0.4, -0.2) is 68.8 Å². The molecule has 3 heterocycles. The van der Waals surface area contributed by atoms with Crippen molar-refractivity contribution in [1.82, 2.24) is 24.4 Å². The van der Waals surface area contributed by atoms with Crippen molar-refractivity contribution in [2.24, 2.45) is 0 Å². The van der Waals surface area contributed by atoms with Crippen LogP contribution < -0.4 is 0 Å². The fourth-order valence-corrected chi connectivity index (χ4v) is 3.87. The van der Waals surface area contributed by atoms with Crippen LogP contribution in [0.5, 0.6) is 0 Å². The van der Waals surface area contributed by atoms with Gasteiger partial charge in [0, 0.05) is 49.7 Å². The Balaban J connectivity index is 1.51. The van der Waals surface area contributed by atoms with Crippen LogP contribution in [0, 0.1) is 0 Å². The molecule has 1 aliphatic rings. The maximum atomic E-state index is 10.7. The minimum atomic E-state index is -0.618. The third-order valence-corrected chi connectivity index (χ3v) is 4.92. The van der Waals surface area contributed by atoms with Crippen molar-refractivity contribution >= 4 is 5.65 Å². The molecule has 1 aromatic carbocycles. The number of hydrogen-bond donors (Lipinski definition) is 1. The van der Waals surface area contributed by atoms with Crippen LogP contribution >= 0.6 is 0 Å². The summed E-state index contributed by atoms with van der Waals surface area (Å²) in [5.74, 6) is 0. The Kier molecular flexibility index (Phi) is 4.48. The van der Waals surface area contributed by atoms with E-state index in [2.05, 4.69) is 27.1 Å². The van der Waals surface area contributed by atoms with Crippen molar-refractivity contribution < 1.29 is 5.11 Å². The summed E-state index contributed by atoms with van der Waals surface area (Å²) >= 11 is 0. The van der Waals surface area contributed by atoms with Gasteiger partial charge in [-0.25, -0.2) is 9.50 Å². The highest BCUT2D eigenvalue weighted by Crippen LogP contribution is 2.25. The second kappa shape index (κ2) is 6.79. The maximum absolute atomic E-state index is 10.7. The van der Waals surface area contributed by atoms with Gasteiger partial charge in [-0.2, -0.15) is 5.10 Å². The van der Waals surface area contributed by atoms with Crippen molar-refractivity contribution in [2.75, 3.05) is 33.7 Å². The van der Waals surface area contributed by atoms with Crippen LogP contribution in [0.25, 0.3) is 16.8 Å². The van der Waals surface area contributed by atoms with Gasteiger partial charge in [0.05, 0.1) is 11.8 Å². The lowest BCUT2D eigenvalue weighted by Crippen LogP contribution is -2.42. The summed E-state index contributed by atoms with van der Waals surface area (Å²) in [5.41, 5.74) is 3.52. The Hall–Kier alpha value is -2.28. The van der Waals surface area contributed by atoms with Crippen LogP contribution in [0.1, 0.15) is 12.0 Å². The summed E-state index contributed by atoms with van der Waals surface area (Å²) in [6, 6.07) is 10.2. The van der Waals surface area contributed by atoms with Crippen LogP contribution in [-0.2, 0) is 6.54 Å². The van der Waals surface area contributed by atoms with E-state index in [1.165, 1.54) is 0 Å². The molecule has 6 nitrogen and oxygen atoms in total. The number of likely N-dealkylation sites (tertiary alicyclic amines) is 1. The summed E-state index contributed by atoms with van der Waals surface area (Å²) in [5, 5.41) is 15.2. The van der Waals surface area contributed by atoms with Crippen LogP contribution in [0.4, 0.5) is 0 Å². The Morgan fingerprint density at radius 1 is 1.19 bits per heavy atom. The molecule has 1 fully saturated rings. The lowest BCUT2D eigenvalue weighted by Gasteiger charge is -2.26. The Morgan fingerprint density at radius 2 is 2.00 bits per heavy atom. The van der Waals surface area contributed by atoms with Gasteiger partial charge >= 0.3 is 0 Å². The van der Waals surface area contributed by atoms with E-state index in [9.17, 15) is 5.11 Å². The average Bonchev–Trinajstić information content (AvgIpc) is 3.18. The zero-order valence-corrected chi connectivity index (χ0v) is 15.3. The second-order valence-electron chi connectivity index (χ2n) is 7.58. The van der Waals surface area contributed by atoms with Gasteiger partial charge in [0.25, 0.3) is 0 Å². The first-order chi connectivity index (χ1) is 12.5. The first-order valence-corrected chi connectivity index (χ1v) is 9.00. The molecule has 0 bridgehead atoms. The van der Waals surface area contributed by atoms with Gasteiger partial charge in [-0.05, 0) is 26.1 Å². The lowest BCUT2D eigenvalue weighted by molar-refractivity contribution is 0.0240. The van der Waals surface area contributed by atoms with Crippen LogP contribution in [0.15, 0.2) is 48.9 Å². The zero-order valence-electron chi connectivity index (χ0n) is 15.3. The molecular weight excluding hydrogens is 326 g/mol. The van der Waals surface area contributed by atoms with Gasteiger partial charge in [-0.1, -0.05) is 30.3 Å². The molecule has 1 atom stereocenters. The molecule has 1 saturated heterocycles. The number of nitrogens with zero attached hydrogens (tertiary/aromatic N) is 5. The molecule has 0 saturated carbocycles. The molecule has 136 valence electrons. The third-order valence-electron chi connectivity index (χ3n) is 4.92. The molecule has 6 heteroatoms. The van der Waals surface area contributed by atoms with Crippen molar-refractivity contribution in [1.29, 1.82) is 0 Å². The van der Waals surface area contributed by atoms with E-state index in [-0.39, 0.29) is 0 Å². The molecule has 26 heavy (non-hydrogen) atoms. The second-order valence-corrected chi connectivity index (χ2v) is 7.58. The number of likely N-dealkylation sites (N-methyl/N-ethyl adjacent to an activating group) is 1. The molecule has 0 aliphatic carbocycles. The molecule has 1 N–H and O–H groups in total. The van der Waals surface area contributed by atoms with Gasteiger partial charge < -0.3 is 10.0 Å².